The first-order valence-electron chi connectivity index (χ1n) is 6.74. The second kappa shape index (κ2) is 5.42. The third-order valence-corrected chi connectivity index (χ3v) is 4.98. The second-order valence-electron chi connectivity index (χ2n) is 5.36. The predicted octanol–water partition coefficient (Wildman–Crippen LogP) is 5.46. The lowest BCUT2D eigenvalue weighted by molar-refractivity contribution is 0.254. The summed E-state index contributed by atoms with van der Waals surface area (Å²) in [5.41, 5.74) is 4.98. The lowest BCUT2D eigenvalue weighted by Gasteiger charge is -2.15. The molecule has 20 heavy (non-hydrogen) atoms. The van der Waals surface area contributed by atoms with Crippen LogP contribution in [0, 0.1) is 6.92 Å². The van der Waals surface area contributed by atoms with Gasteiger partial charge < -0.3 is 4.74 Å². The van der Waals surface area contributed by atoms with E-state index in [9.17, 15) is 0 Å². The highest BCUT2D eigenvalue weighted by molar-refractivity contribution is 9.09. The van der Waals surface area contributed by atoms with Crippen molar-refractivity contribution >= 4 is 27.5 Å². The molecule has 0 amide bonds. The summed E-state index contributed by atoms with van der Waals surface area (Å²) < 4.78 is 5.75. The second-order valence-corrected chi connectivity index (χ2v) is 6.72. The standard InChI is InChI=1S/C17H16BrClO/c1-10-3-5-14(19)9-15(10)17(18)12-4-6-16-13(8-12)7-11(2)20-16/h3-6,8-9,11,17H,7H2,1-2H3. The lowest BCUT2D eigenvalue weighted by atomic mass is 9.98. The molecule has 0 spiro atoms. The maximum Gasteiger partial charge on any atom is 0.123 e. The molecule has 0 fully saturated rings. The van der Waals surface area contributed by atoms with Gasteiger partial charge in [-0.1, -0.05) is 45.7 Å². The molecule has 1 heterocycles. The molecule has 0 aromatic heterocycles. The summed E-state index contributed by atoms with van der Waals surface area (Å²) >= 11 is 9.92. The fourth-order valence-electron chi connectivity index (χ4n) is 2.66. The minimum Gasteiger partial charge on any atom is -0.490 e. The van der Waals surface area contributed by atoms with Crippen LogP contribution >= 0.6 is 27.5 Å². The third-order valence-electron chi connectivity index (χ3n) is 3.73. The Labute approximate surface area is 133 Å². The summed E-state index contributed by atoms with van der Waals surface area (Å²) in [5, 5.41) is 0.771. The van der Waals surface area contributed by atoms with Gasteiger partial charge in [-0.15, -0.1) is 0 Å². The number of ether oxygens (including phenoxy) is 1. The minimum absolute atomic E-state index is 0.155. The van der Waals surface area contributed by atoms with Gasteiger partial charge in [0.2, 0.25) is 0 Å². The highest BCUT2D eigenvalue weighted by atomic mass is 79.9. The van der Waals surface area contributed by atoms with Crippen molar-refractivity contribution < 1.29 is 4.74 Å². The van der Waals surface area contributed by atoms with Gasteiger partial charge in [-0.2, -0.15) is 0 Å². The Morgan fingerprint density at radius 3 is 2.85 bits per heavy atom. The number of alkyl halides is 1. The zero-order chi connectivity index (χ0) is 14.3. The van der Waals surface area contributed by atoms with Crippen LogP contribution in [0.15, 0.2) is 36.4 Å². The summed E-state index contributed by atoms with van der Waals surface area (Å²) in [6.07, 6.45) is 1.26. The Morgan fingerprint density at radius 1 is 1.25 bits per heavy atom. The maximum atomic E-state index is 6.12. The van der Waals surface area contributed by atoms with Crippen LogP contribution in [0.25, 0.3) is 0 Å². The number of fused-ring (bicyclic) bond motifs is 1. The molecule has 3 rings (SSSR count). The van der Waals surface area contributed by atoms with Crippen LogP contribution in [0.2, 0.25) is 5.02 Å². The Kier molecular flexibility index (Phi) is 3.78. The summed E-state index contributed by atoms with van der Waals surface area (Å²) in [7, 11) is 0. The lowest BCUT2D eigenvalue weighted by Crippen LogP contribution is -2.05. The molecule has 2 atom stereocenters. The monoisotopic (exact) mass is 350 g/mol. The van der Waals surface area contributed by atoms with Crippen molar-refractivity contribution in [3.05, 3.63) is 63.7 Å². The van der Waals surface area contributed by atoms with Gasteiger partial charge >= 0.3 is 0 Å². The quantitative estimate of drug-likeness (QED) is 0.653. The Bertz CT molecular complexity index is 653. The normalized spacial score (nSPS) is 18.5. The van der Waals surface area contributed by atoms with Crippen LogP contribution in [0.4, 0.5) is 0 Å². The highest BCUT2D eigenvalue weighted by Gasteiger charge is 2.21. The number of benzene rings is 2. The van der Waals surface area contributed by atoms with Crippen molar-refractivity contribution in [3.63, 3.8) is 0 Å². The fraction of sp³-hybridized carbons (Fsp3) is 0.294. The van der Waals surface area contributed by atoms with Crippen LogP contribution in [0.5, 0.6) is 5.75 Å². The highest BCUT2D eigenvalue weighted by Crippen LogP contribution is 2.38. The molecular formula is C17H16BrClO. The average Bonchev–Trinajstić information content (AvgIpc) is 2.79. The Morgan fingerprint density at radius 2 is 2.05 bits per heavy atom. The minimum atomic E-state index is 0.155. The summed E-state index contributed by atoms with van der Waals surface area (Å²) in [5.74, 6) is 1.02. The molecule has 1 aliphatic rings. The maximum absolute atomic E-state index is 6.12. The molecule has 1 aliphatic heterocycles. The number of hydrogen-bond acceptors (Lipinski definition) is 1. The molecule has 0 bridgehead atoms. The van der Waals surface area contributed by atoms with Crippen LogP contribution in [-0.4, -0.2) is 6.10 Å². The molecule has 2 aromatic rings. The molecule has 0 saturated heterocycles. The van der Waals surface area contributed by atoms with E-state index in [-0.39, 0.29) is 10.9 Å². The topological polar surface area (TPSA) is 9.23 Å². The van der Waals surface area contributed by atoms with E-state index >= 15 is 0 Å². The zero-order valence-corrected chi connectivity index (χ0v) is 13.8. The molecular weight excluding hydrogens is 336 g/mol. The Balaban J connectivity index is 1.97. The Hall–Kier alpha value is -0.990. The van der Waals surface area contributed by atoms with Crippen molar-refractivity contribution in [2.24, 2.45) is 0 Å². The van der Waals surface area contributed by atoms with E-state index in [0.29, 0.717) is 0 Å². The molecule has 1 nitrogen and oxygen atoms in total. The first-order valence-corrected chi connectivity index (χ1v) is 8.03. The van der Waals surface area contributed by atoms with Gasteiger partial charge in [0.15, 0.2) is 0 Å². The van der Waals surface area contributed by atoms with Gasteiger partial charge in [0, 0.05) is 11.4 Å². The summed E-state index contributed by atoms with van der Waals surface area (Å²) in [4.78, 5) is 0.155. The van der Waals surface area contributed by atoms with Gasteiger partial charge in [0.25, 0.3) is 0 Å². The van der Waals surface area contributed by atoms with Crippen LogP contribution in [0.1, 0.15) is 34.0 Å². The number of halogens is 2. The van der Waals surface area contributed by atoms with Gasteiger partial charge in [-0.25, -0.2) is 0 Å². The molecule has 2 unspecified atom stereocenters. The van der Waals surface area contributed by atoms with Gasteiger partial charge in [-0.05, 0) is 54.3 Å². The molecule has 0 radical (unpaired) electrons. The van der Waals surface area contributed by atoms with E-state index in [0.717, 1.165) is 17.2 Å². The molecule has 0 N–H and O–H groups in total. The van der Waals surface area contributed by atoms with Gasteiger partial charge in [-0.3, -0.25) is 0 Å². The zero-order valence-electron chi connectivity index (χ0n) is 11.5. The molecule has 104 valence electrons. The van der Waals surface area contributed by atoms with Gasteiger partial charge in [0.05, 0.1) is 4.83 Å². The predicted molar refractivity (Wildman–Crippen MR) is 87.2 cm³/mol. The smallest absolute Gasteiger partial charge is 0.123 e. The van der Waals surface area contributed by atoms with E-state index in [2.05, 4.69) is 54.0 Å². The summed E-state index contributed by atoms with van der Waals surface area (Å²) in [6.45, 7) is 4.21. The first kappa shape index (κ1) is 14.0. The van der Waals surface area contributed by atoms with Gasteiger partial charge in [0.1, 0.15) is 11.9 Å². The SMILES string of the molecule is Cc1ccc(Cl)cc1C(Br)c1ccc2c(c1)CC(C)O2. The van der Waals surface area contributed by atoms with Crippen molar-refractivity contribution in [1.29, 1.82) is 0 Å². The fourth-order valence-corrected chi connectivity index (χ4v) is 3.62. The van der Waals surface area contributed by atoms with E-state index in [1.165, 1.54) is 22.3 Å². The molecule has 3 heteroatoms. The number of rotatable bonds is 2. The van der Waals surface area contributed by atoms with Crippen LogP contribution < -0.4 is 4.74 Å². The van der Waals surface area contributed by atoms with Crippen LogP contribution in [0.3, 0.4) is 0 Å². The molecule has 0 saturated carbocycles. The van der Waals surface area contributed by atoms with Crippen molar-refractivity contribution in [1.82, 2.24) is 0 Å². The third kappa shape index (κ3) is 2.59. The van der Waals surface area contributed by atoms with E-state index in [4.69, 9.17) is 16.3 Å². The van der Waals surface area contributed by atoms with Crippen LogP contribution in [-0.2, 0) is 6.42 Å². The molecule has 2 aromatic carbocycles. The number of aryl methyl sites for hydroxylation is 1. The van der Waals surface area contributed by atoms with E-state index in [1.54, 1.807) is 0 Å². The van der Waals surface area contributed by atoms with Crippen molar-refractivity contribution in [2.45, 2.75) is 31.2 Å². The summed E-state index contributed by atoms with van der Waals surface area (Å²) in [6, 6.07) is 12.4. The molecule has 0 aliphatic carbocycles. The first-order chi connectivity index (χ1) is 9.54. The average molecular weight is 352 g/mol. The largest absolute Gasteiger partial charge is 0.490 e. The van der Waals surface area contributed by atoms with E-state index in [1.807, 2.05) is 12.1 Å². The van der Waals surface area contributed by atoms with Crippen molar-refractivity contribution in [2.75, 3.05) is 0 Å². The van der Waals surface area contributed by atoms with Crippen molar-refractivity contribution in [3.8, 4) is 5.75 Å². The number of hydrogen-bond donors (Lipinski definition) is 0. The van der Waals surface area contributed by atoms with E-state index < -0.39 is 0 Å².